The molecular weight excluding hydrogens is 360 g/mol. The highest BCUT2D eigenvalue weighted by atomic mass is 32.2. The summed E-state index contributed by atoms with van der Waals surface area (Å²) in [6.07, 6.45) is 1.65. The molecule has 1 amide bonds. The topological polar surface area (TPSA) is 68.1 Å². The van der Waals surface area contributed by atoms with Gasteiger partial charge in [0.15, 0.2) is 5.16 Å². The van der Waals surface area contributed by atoms with Crippen LogP contribution < -0.4 is 5.56 Å². The molecule has 0 atom stereocenters. The molecule has 0 unspecified atom stereocenters. The lowest BCUT2D eigenvalue weighted by atomic mass is 10.2. The predicted octanol–water partition coefficient (Wildman–Crippen LogP) is 3.05. The molecule has 6 nitrogen and oxygen atoms in total. The Bertz CT molecular complexity index is 1030. The SMILES string of the molecule is CCN(CC)C(=O)CSc1nc2ccccc2c(=O)n1-c1ncccc1C. The molecule has 0 bridgehead atoms. The van der Waals surface area contributed by atoms with Crippen molar-refractivity contribution in [2.24, 2.45) is 0 Å². The van der Waals surface area contributed by atoms with Gasteiger partial charge in [0.25, 0.3) is 5.56 Å². The molecule has 2 heterocycles. The summed E-state index contributed by atoms with van der Waals surface area (Å²) < 4.78 is 1.51. The lowest BCUT2D eigenvalue weighted by Gasteiger charge is -2.19. The van der Waals surface area contributed by atoms with E-state index in [1.807, 2.05) is 51.1 Å². The van der Waals surface area contributed by atoms with Crippen LogP contribution >= 0.6 is 11.8 Å². The van der Waals surface area contributed by atoms with Crippen molar-refractivity contribution in [1.29, 1.82) is 0 Å². The van der Waals surface area contributed by atoms with Crippen molar-refractivity contribution >= 4 is 28.6 Å². The summed E-state index contributed by atoms with van der Waals surface area (Å²) in [6.45, 7) is 7.13. The second-order valence-corrected chi connectivity index (χ2v) is 6.99. The molecule has 3 aromatic rings. The fourth-order valence-corrected chi connectivity index (χ4v) is 3.80. The molecule has 0 radical (unpaired) electrons. The van der Waals surface area contributed by atoms with Crippen molar-refractivity contribution in [3.63, 3.8) is 0 Å². The number of aryl methyl sites for hydroxylation is 1. The number of aromatic nitrogens is 3. The van der Waals surface area contributed by atoms with Crippen LogP contribution in [-0.2, 0) is 4.79 Å². The largest absolute Gasteiger partial charge is 0.343 e. The Kier molecular flexibility index (Phi) is 5.91. The Labute approximate surface area is 162 Å². The first-order valence-corrected chi connectivity index (χ1v) is 9.89. The highest BCUT2D eigenvalue weighted by molar-refractivity contribution is 7.99. The number of fused-ring (bicyclic) bond motifs is 1. The zero-order valence-corrected chi connectivity index (χ0v) is 16.5. The van der Waals surface area contributed by atoms with E-state index in [0.29, 0.717) is 35.0 Å². The van der Waals surface area contributed by atoms with E-state index in [1.54, 1.807) is 17.2 Å². The molecule has 0 aliphatic heterocycles. The molecule has 0 aliphatic carbocycles. The minimum atomic E-state index is -0.180. The Hall–Kier alpha value is -2.67. The summed E-state index contributed by atoms with van der Waals surface area (Å²) >= 11 is 1.27. The van der Waals surface area contributed by atoms with Gasteiger partial charge in [-0.25, -0.2) is 14.5 Å². The van der Waals surface area contributed by atoms with Crippen molar-refractivity contribution in [3.8, 4) is 5.82 Å². The summed E-state index contributed by atoms with van der Waals surface area (Å²) in [5.74, 6) is 0.786. The summed E-state index contributed by atoms with van der Waals surface area (Å²) in [5, 5.41) is 1.00. The number of thioether (sulfide) groups is 1. The van der Waals surface area contributed by atoms with Crippen LogP contribution in [-0.4, -0.2) is 44.2 Å². The Morgan fingerprint density at radius 3 is 2.59 bits per heavy atom. The van der Waals surface area contributed by atoms with Gasteiger partial charge >= 0.3 is 0 Å². The van der Waals surface area contributed by atoms with Gasteiger partial charge < -0.3 is 4.90 Å². The number of carbonyl (C=O) groups is 1. The Morgan fingerprint density at radius 1 is 1.15 bits per heavy atom. The lowest BCUT2D eigenvalue weighted by molar-refractivity contribution is -0.127. The van der Waals surface area contributed by atoms with E-state index in [1.165, 1.54) is 16.3 Å². The van der Waals surface area contributed by atoms with Crippen molar-refractivity contribution < 1.29 is 4.79 Å². The smallest absolute Gasteiger partial charge is 0.267 e. The molecule has 1 aromatic carbocycles. The monoisotopic (exact) mass is 382 g/mol. The maximum atomic E-state index is 13.2. The first-order chi connectivity index (χ1) is 13.1. The zero-order valence-electron chi connectivity index (χ0n) is 15.7. The maximum Gasteiger partial charge on any atom is 0.267 e. The molecular formula is C20H22N4O2S. The number of nitrogens with zero attached hydrogens (tertiary/aromatic N) is 4. The summed E-state index contributed by atoms with van der Waals surface area (Å²) in [5.41, 5.74) is 1.30. The van der Waals surface area contributed by atoms with Crippen molar-refractivity contribution in [2.45, 2.75) is 25.9 Å². The van der Waals surface area contributed by atoms with Crippen LogP contribution in [0.1, 0.15) is 19.4 Å². The van der Waals surface area contributed by atoms with Crippen LogP contribution in [0.3, 0.4) is 0 Å². The van der Waals surface area contributed by atoms with E-state index in [9.17, 15) is 9.59 Å². The van der Waals surface area contributed by atoms with Crippen LogP contribution in [0.15, 0.2) is 52.5 Å². The maximum absolute atomic E-state index is 13.2. The van der Waals surface area contributed by atoms with Crippen molar-refractivity contribution in [2.75, 3.05) is 18.8 Å². The highest BCUT2D eigenvalue weighted by Crippen LogP contribution is 2.22. The van der Waals surface area contributed by atoms with E-state index < -0.39 is 0 Å². The molecule has 7 heteroatoms. The van der Waals surface area contributed by atoms with E-state index in [0.717, 1.165) is 5.56 Å². The number of para-hydroxylation sites is 1. The Balaban J connectivity index is 2.10. The third-order valence-corrected chi connectivity index (χ3v) is 5.30. The van der Waals surface area contributed by atoms with Gasteiger partial charge in [-0.05, 0) is 44.5 Å². The summed E-state index contributed by atoms with van der Waals surface area (Å²) in [7, 11) is 0. The predicted molar refractivity (Wildman–Crippen MR) is 109 cm³/mol. The molecule has 0 saturated heterocycles. The van der Waals surface area contributed by atoms with Crippen LogP contribution in [0.5, 0.6) is 0 Å². The van der Waals surface area contributed by atoms with Crippen LogP contribution in [0.4, 0.5) is 0 Å². The van der Waals surface area contributed by atoms with Gasteiger partial charge in [0.1, 0.15) is 5.82 Å². The third kappa shape index (κ3) is 3.88. The second kappa shape index (κ2) is 8.35. The number of amides is 1. The first-order valence-electron chi connectivity index (χ1n) is 8.91. The van der Waals surface area contributed by atoms with Gasteiger partial charge in [0.05, 0.1) is 16.7 Å². The van der Waals surface area contributed by atoms with Gasteiger partial charge in [-0.15, -0.1) is 0 Å². The number of rotatable bonds is 6. The zero-order chi connectivity index (χ0) is 19.4. The molecule has 3 rings (SSSR count). The average molecular weight is 382 g/mol. The standard InChI is InChI=1S/C20H22N4O2S/c1-4-23(5-2)17(25)13-27-20-22-16-11-7-6-10-15(16)19(26)24(20)18-14(3)9-8-12-21-18/h6-12H,4-5,13H2,1-3H3. The van der Waals surface area contributed by atoms with Gasteiger partial charge in [0, 0.05) is 19.3 Å². The molecule has 0 spiro atoms. The van der Waals surface area contributed by atoms with Crippen molar-refractivity contribution in [1.82, 2.24) is 19.4 Å². The molecule has 0 saturated carbocycles. The lowest BCUT2D eigenvalue weighted by Crippen LogP contribution is -2.32. The second-order valence-electron chi connectivity index (χ2n) is 6.05. The molecule has 0 aliphatic rings. The average Bonchev–Trinajstić information content (AvgIpc) is 2.68. The normalized spacial score (nSPS) is 10.9. The molecule has 140 valence electrons. The number of pyridine rings is 1. The highest BCUT2D eigenvalue weighted by Gasteiger charge is 2.18. The molecule has 2 aromatic heterocycles. The van der Waals surface area contributed by atoms with Crippen LogP contribution in [0.2, 0.25) is 0 Å². The summed E-state index contributed by atoms with van der Waals surface area (Å²) in [6, 6.07) is 11.0. The van der Waals surface area contributed by atoms with E-state index in [-0.39, 0.29) is 17.2 Å². The minimum Gasteiger partial charge on any atom is -0.343 e. The fraction of sp³-hybridized carbons (Fsp3) is 0.300. The minimum absolute atomic E-state index is 0.0247. The first kappa shape index (κ1) is 19.1. The van der Waals surface area contributed by atoms with Crippen molar-refractivity contribution in [3.05, 3.63) is 58.5 Å². The third-order valence-electron chi connectivity index (χ3n) is 4.38. The fourth-order valence-electron chi connectivity index (χ4n) is 2.90. The van der Waals surface area contributed by atoms with Crippen LogP contribution in [0, 0.1) is 6.92 Å². The number of carbonyl (C=O) groups excluding carboxylic acids is 1. The van der Waals surface area contributed by atoms with E-state index in [4.69, 9.17) is 0 Å². The van der Waals surface area contributed by atoms with Gasteiger partial charge in [-0.2, -0.15) is 0 Å². The van der Waals surface area contributed by atoms with Crippen LogP contribution in [0.25, 0.3) is 16.7 Å². The molecule has 0 fully saturated rings. The molecule has 27 heavy (non-hydrogen) atoms. The quantitative estimate of drug-likeness (QED) is 0.484. The van der Waals surface area contributed by atoms with E-state index in [2.05, 4.69) is 9.97 Å². The van der Waals surface area contributed by atoms with Gasteiger partial charge in [-0.3, -0.25) is 9.59 Å². The van der Waals surface area contributed by atoms with Gasteiger partial charge in [0.2, 0.25) is 5.91 Å². The number of benzene rings is 1. The summed E-state index contributed by atoms with van der Waals surface area (Å²) in [4.78, 5) is 36.4. The Morgan fingerprint density at radius 2 is 1.89 bits per heavy atom. The molecule has 0 N–H and O–H groups in total. The van der Waals surface area contributed by atoms with Gasteiger partial charge in [-0.1, -0.05) is 30.0 Å². The number of hydrogen-bond acceptors (Lipinski definition) is 5. The number of hydrogen-bond donors (Lipinski definition) is 0. The van der Waals surface area contributed by atoms with E-state index >= 15 is 0 Å².